The zero-order valence-electron chi connectivity index (χ0n) is 8.79. The molecule has 0 radical (unpaired) electrons. The lowest BCUT2D eigenvalue weighted by atomic mass is 10.2. The van der Waals surface area contributed by atoms with Crippen LogP contribution in [0.15, 0.2) is 22.7 Å². The molecule has 0 bridgehead atoms. The molecular formula is C11H7BrFN3S. The number of aryl methyl sites for hydroxylation is 1. The second-order valence-electron chi connectivity index (χ2n) is 3.33. The van der Waals surface area contributed by atoms with Crippen molar-refractivity contribution in [1.82, 2.24) is 4.37 Å². The van der Waals surface area contributed by atoms with Crippen molar-refractivity contribution in [3.63, 3.8) is 0 Å². The Morgan fingerprint density at radius 2 is 2.29 bits per heavy atom. The van der Waals surface area contributed by atoms with E-state index >= 15 is 0 Å². The predicted octanol–water partition coefficient (Wildman–Crippen LogP) is 3.97. The molecular weight excluding hydrogens is 305 g/mol. The summed E-state index contributed by atoms with van der Waals surface area (Å²) in [6, 6.07) is 6.63. The second kappa shape index (κ2) is 4.82. The van der Waals surface area contributed by atoms with E-state index in [4.69, 9.17) is 5.26 Å². The van der Waals surface area contributed by atoms with Gasteiger partial charge in [-0.2, -0.15) is 9.64 Å². The van der Waals surface area contributed by atoms with Crippen LogP contribution < -0.4 is 5.32 Å². The van der Waals surface area contributed by atoms with Crippen molar-refractivity contribution in [1.29, 1.82) is 5.26 Å². The molecule has 86 valence electrons. The number of anilines is 2. The molecule has 0 aliphatic rings. The molecule has 1 N–H and O–H groups in total. The van der Waals surface area contributed by atoms with Crippen LogP contribution in [0.2, 0.25) is 0 Å². The van der Waals surface area contributed by atoms with Gasteiger partial charge in [-0.15, -0.1) is 0 Å². The van der Waals surface area contributed by atoms with Crippen LogP contribution >= 0.6 is 27.5 Å². The van der Waals surface area contributed by atoms with Crippen LogP contribution in [0.4, 0.5) is 15.1 Å². The molecule has 3 nitrogen and oxygen atoms in total. The van der Waals surface area contributed by atoms with E-state index in [1.165, 1.54) is 6.07 Å². The number of rotatable bonds is 2. The lowest BCUT2D eigenvalue weighted by molar-refractivity contribution is 0.631. The minimum atomic E-state index is -0.372. The molecule has 2 rings (SSSR count). The molecule has 0 aliphatic carbocycles. The fraction of sp³-hybridized carbons (Fsp3) is 0.0909. The van der Waals surface area contributed by atoms with Crippen molar-refractivity contribution >= 4 is 38.2 Å². The molecule has 17 heavy (non-hydrogen) atoms. The fourth-order valence-electron chi connectivity index (χ4n) is 1.30. The van der Waals surface area contributed by atoms with Crippen molar-refractivity contribution in [3.8, 4) is 6.07 Å². The van der Waals surface area contributed by atoms with Crippen LogP contribution in [0.1, 0.15) is 11.3 Å². The van der Waals surface area contributed by atoms with Crippen molar-refractivity contribution in [2.45, 2.75) is 6.92 Å². The molecule has 6 heteroatoms. The Bertz CT molecular complexity index is 603. The number of halogens is 2. The minimum absolute atomic E-state index is 0.319. The third-order valence-corrected chi connectivity index (χ3v) is 3.50. The van der Waals surface area contributed by atoms with Crippen LogP contribution in [-0.4, -0.2) is 4.37 Å². The summed E-state index contributed by atoms with van der Waals surface area (Å²) in [5, 5.41) is 12.4. The maximum Gasteiger partial charge on any atom is 0.146 e. The van der Waals surface area contributed by atoms with Crippen molar-refractivity contribution in [2.75, 3.05) is 5.32 Å². The Labute approximate surface area is 110 Å². The molecule has 1 heterocycles. The highest BCUT2D eigenvalue weighted by atomic mass is 79.9. The van der Waals surface area contributed by atoms with Gasteiger partial charge >= 0.3 is 0 Å². The summed E-state index contributed by atoms with van der Waals surface area (Å²) >= 11 is 4.41. The van der Waals surface area contributed by atoms with E-state index in [9.17, 15) is 4.39 Å². The number of aromatic nitrogens is 1. The van der Waals surface area contributed by atoms with Crippen molar-refractivity contribution in [3.05, 3.63) is 39.7 Å². The lowest BCUT2D eigenvalue weighted by Crippen LogP contribution is -1.93. The Kier molecular flexibility index (Phi) is 3.41. The van der Waals surface area contributed by atoms with Gasteiger partial charge in [0.05, 0.1) is 11.4 Å². The number of hydrogen-bond donors (Lipinski definition) is 1. The average molecular weight is 312 g/mol. The Hall–Kier alpha value is -1.45. The quantitative estimate of drug-likeness (QED) is 0.913. The van der Waals surface area contributed by atoms with Gasteiger partial charge in [0, 0.05) is 4.47 Å². The largest absolute Gasteiger partial charge is 0.342 e. The number of benzene rings is 1. The summed E-state index contributed by atoms with van der Waals surface area (Å²) in [5.74, 6) is -0.372. The van der Waals surface area contributed by atoms with Crippen LogP contribution in [0.25, 0.3) is 0 Å². The van der Waals surface area contributed by atoms with Crippen molar-refractivity contribution < 1.29 is 4.39 Å². The van der Waals surface area contributed by atoms with Gasteiger partial charge in [-0.3, -0.25) is 0 Å². The standard InChI is InChI=1S/C11H7BrFN3S/c1-6-8(5-14)11(17-16-6)15-10-4-7(12)2-3-9(10)13/h2-4,15H,1H3. The summed E-state index contributed by atoms with van der Waals surface area (Å²) in [6.45, 7) is 1.75. The van der Waals surface area contributed by atoms with Gasteiger partial charge < -0.3 is 5.32 Å². The Morgan fingerprint density at radius 1 is 1.53 bits per heavy atom. The molecule has 0 atom stereocenters. The van der Waals surface area contributed by atoms with Gasteiger partial charge in [0.15, 0.2) is 0 Å². The van der Waals surface area contributed by atoms with Crippen LogP contribution in [0.3, 0.4) is 0 Å². The first-order valence-corrected chi connectivity index (χ1v) is 6.27. The Morgan fingerprint density at radius 3 is 3.00 bits per heavy atom. The van der Waals surface area contributed by atoms with Gasteiger partial charge in [0.2, 0.25) is 0 Å². The maximum atomic E-state index is 13.5. The van der Waals surface area contributed by atoms with Gasteiger partial charge in [-0.1, -0.05) is 15.9 Å². The highest BCUT2D eigenvalue weighted by molar-refractivity contribution is 9.10. The van der Waals surface area contributed by atoms with E-state index in [2.05, 4.69) is 25.6 Å². The molecule has 0 unspecified atom stereocenters. The molecule has 0 saturated heterocycles. The molecule has 2 aromatic rings. The van der Waals surface area contributed by atoms with Crippen molar-refractivity contribution in [2.24, 2.45) is 0 Å². The summed E-state index contributed by atoms with van der Waals surface area (Å²) in [5.41, 5.74) is 1.42. The van der Waals surface area contributed by atoms with E-state index in [0.29, 0.717) is 21.9 Å². The van der Waals surface area contributed by atoms with Crippen LogP contribution in [-0.2, 0) is 0 Å². The van der Waals surface area contributed by atoms with Gasteiger partial charge in [0.1, 0.15) is 22.5 Å². The zero-order valence-corrected chi connectivity index (χ0v) is 11.2. The number of nitrogens with one attached hydrogen (secondary N) is 1. The first-order valence-electron chi connectivity index (χ1n) is 4.70. The Balaban J connectivity index is 2.38. The predicted molar refractivity (Wildman–Crippen MR) is 68.9 cm³/mol. The molecule has 1 aromatic carbocycles. The number of nitrogens with zero attached hydrogens (tertiary/aromatic N) is 2. The summed E-state index contributed by atoms with van der Waals surface area (Å²) in [7, 11) is 0. The molecule has 0 amide bonds. The molecule has 0 fully saturated rings. The maximum absolute atomic E-state index is 13.5. The monoisotopic (exact) mass is 311 g/mol. The van der Waals surface area contributed by atoms with Gasteiger partial charge in [-0.25, -0.2) is 4.39 Å². The summed E-state index contributed by atoms with van der Waals surface area (Å²) in [6.07, 6.45) is 0. The topological polar surface area (TPSA) is 48.7 Å². The lowest BCUT2D eigenvalue weighted by Gasteiger charge is -2.05. The van der Waals surface area contributed by atoms with E-state index in [-0.39, 0.29) is 5.82 Å². The first kappa shape index (κ1) is 12.0. The number of nitriles is 1. The molecule has 0 aliphatic heterocycles. The number of hydrogen-bond acceptors (Lipinski definition) is 4. The highest BCUT2D eigenvalue weighted by Gasteiger charge is 2.12. The van der Waals surface area contributed by atoms with Gasteiger partial charge in [-0.05, 0) is 36.7 Å². The minimum Gasteiger partial charge on any atom is -0.342 e. The van der Waals surface area contributed by atoms with E-state index < -0.39 is 0 Å². The van der Waals surface area contributed by atoms with E-state index in [1.807, 2.05) is 6.07 Å². The zero-order chi connectivity index (χ0) is 12.4. The van der Waals surface area contributed by atoms with Crippen LogP contribution in [0, 0.1) is 24.1 Å². The molecule has 0 saturated carbocycles. The fourth-order valence-corrected chi connectivity index (χ4v) is 2.42. The average Bonchev–Trinajstić information content (AvgIpc) is 2.64. The SMILES string of the molecule is Cc1nsc(Nc2cc(Br)ccc2F)c1C#N. The summed E-state index contributed by atoms with van der Waals surface area (Å²) < 4.78 is 18.3. The second-order valence-corrected chi connectivity index (χ2v) is 5.02. The van der Waals surface area contributed by atoms with E-state index in [1.54, 1.807) is 19.1 Å². The highest BCUT2D eigenvalue weighted by Crippen LogP contribution is 2.29. The normalized spacial score (nSPS) is 10.0. The molecule has 1 aromatic heterocycles. The van der Waals surface area contributed by atoms with Crippen LogP contribution in [0.5, 0.6) is 0 Å². The van der Waals surface area contributed by atoms with E-state index in [0.717, 1.165) is 16.0 Å². The third kappa shape index (κ3) is 2.46. The summed E-state index contributed by atoms with van der Waals surface area (Å²) in [4.78, 5) is 0. The molecule has 0 spiro atoms. The third-order valence-electron chi connectivity index (χ3n) is 2.15. The van der Waals surface area contributed by atoms with Gasteiger partial charge in [0.25, 0.3) is 0 Å². The smallest absolute Gasteiger partial charge is 0.146 e. The first-order chi connectivity index (χ1) is 8.11.